The summed E-state index contributed by atoms with van der Waals surface area (Å²) in [4.78, 5) is 23.7. The van der Waals surface area contributed by atoms with Gasteiger partial charge in [0.25, 0.3) is 5.91 Å². The smallest absolute Gasteiger partial charge is 0.264 e. The number of nitriles is 1. The van der Waals surface area contributed by atoms with E-state index in [1.807, 2.05) is 29.9 Å². The summed E-state index contributed by atoms with van der Waals surface area (Å²) in [5.41, 5.74) is 10.1. The Morgan fingerprint density at radius 3 is 2.86 bits per heavy atom. The number of likely N-dealkylation sites (tertiary alicyclic amines) is 1. The van der Waals surface area contributed by atoms with Gasteiger partial charge in [-0.1, -0.05) is 24.3 Å². The Morgan fingerprint density at radius 1 is 1.23 bits per heavy atom. The summed E-state index contributed by atoms with van der Waals surface area (Å²) < 4.78 is 3.98. The number of hydrogen-bond donors (Lipinski definition) is 1. The van der Waals surface area contributed by atoms with Gasteiger partial charge in [-0.05, 0) is 37.7 Å². The van der Waals surface area contributed by atoms with Crippen molar-refractivity contribution in [2.45, 2.75) is 31.7 Å². The molecule has 4 aromatic rings. The van der Waals surface area contributed by atoms with E-state index in [0.29, 0.717) is 30.5 Å². The minimum absolute atomic E-state index is 0.0749. The van der Waals surface area contributed by atoms with E-state index in [-0.39, 0.29) is 17.5 Å². The average Bonchev–Trinajstić information content (AvgIpc) is 3.53. The van der Waals surface area contributed by atoms with E-state index >= 15 is 0 Å². The highest BCUT2D eigenvalue weighted by molar-refractivity contribution is 6.05. The predicted molar refractivity (Wildman–Crippen MR) is 133 cm³/mol. The van der Waals surface area contributed by atoms with Crippen molar-refractivity contribution in [3.63, 3.8) is 0 Å². The molecule has 1 unspecified atom stereocenters. The maximum atomic E-state index is 13.1. The fourth-order valence-electron chi connectivity index (χ4n) is 5.13. The molecule has 9 heteroatoms. The fraction of sp³-hybridized carbons (Fsp3) is 0.346. The van der Waals surface area contributed by atoms with Crippen molar-refractivity contribution in [1.29, 1.82) is 5.26 Å². The van der Waals surface area contributed by atoms with Gasteiger partial charge in [-0.2, -0.15) is 10.4 Å². The minimum atomic E-state index is -0.191. The molecule has 4 heterocycles. The number of aromatic nitrogens is 5. The van der Waals surface area contributed by atoms with Gasteiger partial charge >= 0.3 is 0 Å². The highest BCUT2D eigenvalue weighted by Crippen LogP contribution is 2.38. The molecule has 1 saturated heterocycles. The second-order valence-corrected chi connectivity index (χ2v) is 9.50. The number of nitrogen functional groups attached to an aromatic ring is 1. The molecule has 1 aromatic carbocycles. The Labute approximate surface area is 202 Å². The molecule has 2 N–H and O–H groups in total. The van der Waals surface area contributed by atoms with Gasteiger partial charge in [0.1, 0.15) is 29.5 Å². The second kappa shape index (κ2) is 8.24. The van der Waals surface area contributed by atoms with E-state index in [4.69, 9.17) is 10.8 Å². The monoisotopic (exact) mass is 466 g/mol. The molecule has 1 amide bonds. The van der Waals surface area contributed by atoms with Crippen LogP contribution in [0.4, 0.5) is 5.82 Å². The number of rotatable bonds is 4. The zero-order chi connectivity index (χ0) is 24.1. The van der Waals surface area contributed by atoms with Crippen molar-refractivity contribution in [3.8, 4) is 17.3 Å². The number of carbonyl (C=O) groups is 1. The minimum Gasteiger partial charge on any atom is -0.383 e. The number of para-hydroxylation sites is 1. The number of hydrogen-bond acceptors (Lipinski definition) is 6. The first-order chi connectivity index (χ1) is 17.0. The molecule has 1 atom stereocenters. The van der Waals surface area contributed by atoms with Crippen LogP contribution >= 0.6 is 0 Å². The van der Waals surface area contributed by atoms with Crippen molar-refractivity contribution in [2.75, 3.05) is 18.8 Å². The van der Waals surface area contributed by atoms with Gasteiger partial charge in [0.05, 0.1) is 11.4 Å². The molecule has 3 aromatic heterocycles. The van der Waals surface area contributed by atoms with E-state index < -0.39 is 0 Å². The maximum Gasteiger partial charge on any atom is 0.264 e. The van der Waals surface area contributed by atoms with Crippen molar-refractivity contribution < 1.29 is 4.79 Å². The molecule has 1 aliphatic heterocycles. The van der Waals surface area contributed by atoms with Crippen molar-refractivity contribution in [1.82, 2.24) is 29.2 Å². The lowest BCUT2D eigenvalue weighted by Gasteiger charge is -2.32. The summed E-state index contributed by atoms with van der Waals surface area (Å²) in [5.74, 6) is 0.559. The third kappa shape index (κ3) is 3.62. The Balaban J connectivity index is 1.42. The lowest BCUT2D eigenvalue weighted by molar-refractivity contribution is -0.128. The van der Waals surface area contributed by atoms with Crippen LogP contribution < -0.4 is 5.73 Å². The van der Waals surface area contributed by atoms with E-state index in [1.165, 1.54) is 6.33 Å². The number of piperidine rings is 1. The first kappa shape index (κ1) is 21.4. The first-order valence-electron chi connectivity index (χ1n) is 12.0. The molecule has 6 rings (SSSR count). The zero-order valence-corrected chi connectivity index (χ0v) is 19.6. The van der Waals surface area contributed by atoms with Gasteiger partial charge < -0.3 is 15.2 Å². The molecular weight excluding hydrogens is 440 g/mol. The van der Waals surface area contributed by atoms with Gasteiger partial charge in [-0.15, -0.1) is 0 Å². The molecule has 176 valence electrons. The highest BCUT2D eigenvalue weighted by Gasteiger charge is 2.31. The van der Waals surface area contributed by atoms with Crippen LogP contribution in [-0.4, -0.2) is 48.2 Å². The molecule has 2 aliphatic rings. The zero-order valence-electron chi connectivity index (χ0n) is 19.6. The van der Waals surface area contributed by atoms with Crippen LogP contribution in [0.5, 0.6) is 0 Å². The number of fused-ring (bicyclic) bond motifs is 2. The van der Waals surface area contributed by atoms with Crippen LogP contribution in [0.2, 0.25) is 0 Å². The van der Waals surface area contributed by atoms with Crippen LogP contribution in [0.3, 0.4) is 0 Å². The molecule has 0 spiro atoms. The summed E-state index contributed by atoms with van der Waals surface area (Å²) in [6.45, 7) is 1.10. The van der Waals surface area contributed by atoms with Gasteiger partial charge in [0, 0.05) is 42.8 Å². The van der Waals surface area contributed by atoms with E-state index in [0.717, 1.165) is 53.2 Å². The fourth-order valence-corrected chi connectivity index (χ4v) is 5.13. The van der Waals surface area contributed by atoms with E-state index in [2.05, 4.69) is 38.9 Å². The van der Waals surface area contributed by atoms with Crippen LogP contribution in [0.25, 0.3) is 33.2 Å². The maximum absolute atomic E-state index is 13.1. The third-order valence-electron chi connectivity index (χ3n) is 7.08. The number of anilines is 1. The summed E-state index contributed by atoms with van der Waals surface area (Å²) in [6.07, 6.45) is 9.14. The highest BCUT2D eigenvalue weighted by atomic mass is 16.2. The van der Waals surface area contributed by atoms with Gasteiger partial charge in [-0.3, -0.25) is 4.79 Å². The van der Waals surface area contributed by atoms with Crippen molar-refractivity contribution in [3.05, 3.63) is 48.4 Å². The number of nitrogens with two attached hydrogens (primary N) is 1. The Hall–Kier alpha value is -4.19. The largest absolute Gasteiger partial charge is 0.383 e. The molecule has 2 fully saturated rings. The van der Waals surface area contributed by atoms with Gasteiger partial charge in [0.15, 0.2) is 5.65 Å². The standard InChI is InChI=1S/C26H26N8O/c1-32-14-20(19-6-2-3-7-21(19)32)23-22-24(28)29-15-30-25(22)34(31-23)18-5-4-10-33(13-18)26(35)17(12-27)11-16-8-9-16/h2-3,6-7,11,14-16,18H,4-5,8-10,13H2,1H3,(H2,28,29,30). The SMILES string of the molecule is Cn1cc(-c2nn(C3CCCN(C(=O)C(C#N)=CC4CC4)C3)c3ncnc(N)c23)c2ccccc21. The van der Waals surface area contributed by atoms with Gasteiger partial charge in [0.2, 0.25) is 0 Å². The molecule has 1 aliphatic carbocycles. The molecule has 0 bridgehead atoms. The quantitative estimate of drug-likeness (QED) is 0.363. The Morgan fingerprint density at radius 2 is 2.06 bits per heavy atom. The Bertz CT molecular complexity index is 1530. The van der Waals surface area contributed by atoms with Crippen LogP contribution in [-0.2, 0) is 11.8 Å². The summed E-state index contributed by atoms with van der Waals surface area (Å²) >= 11 is 0. The van der Waals surface area contributed by atoms with E-state index in [9.17, 15) is 10.1 Å². The van der Waals surface area contributed by atoms with Crippen molar-refractivity contribution in [2.24, 2.45) is 13.0 Å². The average molecular weight is 467 g/mol. The number of aryl methyl sites for hydroxylation is 1. The predicted octanol–water partition coefficient (Wildman–Crippen LogP) is 3.59. The topological polar surface area (TPSA) is 119 Å². The van der Waals surface area contributed by atoms with Crippen molar-refractivity contribution >= 4 is 33.7 Å². The van der Waals surface area contributed by atoms with Crippen LogP contribution in [0.15, 0.2) is 48.4 Å². The van der Waals surface area contributed by atoms with Crippen LogP contribution in [0, 0.1) is 17.2 Å². The molecule has 1 saturated carbocycles. The number of carbonyl (C=O) groups excluding carboxylic acids is 1. The molecule has 0 radical (unpaired) electrons. The number of allylic oxidation sites excluding steroid dienone is 1. The molecular formula is C26H26N8O. The molecule has 35 heavy (non-hydrogen) atoms. The summed E-state index contributed by atoms with van der Waals surface area (Å²) in [7, 11) is 2.01. The van der Waals surface area contributed by atoms with E-state index in [1.54, 1.807) is 4.90 Å². The number of benzene rings is 1. The lowest BCUT2D eigenvalue weighted by atomic mass is 10.0. The summed E-state index contributed by atoms with van der Waals surface area (Å²) in [5, 5.41) is 16.4. The third-order valence-corrected chi connectivity index (χ3v) is 7.08. The number of amides is 1. The normalized spacial score (nSPS) is 18.8. The Kier molecular flexibility index (Phi) is 5.02. The van der Waals surface area contributed by atoms with Gasteiger partial charge in [-0.25, -0.2) is 14.6 Å². The summed E-state index contributed by atoms with van der Waals surface area (Å²) in [6, 6.07) is 10.2. The lowest BCUT2D eigenvalue weighted by Crippen LogP contribution is -2.41. The van der Waals surface area contributed by atoms with Crippen LogP contribution in [0.1, 0.15) is 31.7 Å². The first-order valence-corrected chi connectivity index (χ1v) is 12.0. The molecule has 9 nitrogen and oxygen atoms in total. The second-order valence-electron chi connectivity index (χ2n) is 9.50. The number of nitrogens with zero attached hydrogens (tertiary/aromatic N) is 7.